The van der Waals surface area contributed by atoms with Gasteiger partial charge in [-0.15, -0.1) is 11.6 Å². The number of carbonyl (C=O) groups excluding carboxylic acids is 1. The van der Waals surface area contributed by atoms with Gasteiger partial charge in [-0.3, -0.25) is 0 Å². The van der Waals surface area contributed by atoms with Gasteiger partial charge < -0.3 is 9.53 Å². The van der Waals surface area contributed by atoms with Crippen LogP contribution >= 0.6 is 27.5 Å². The number of hydrogen-bond acceptors (Lipinski definition) is 2. The average Bonchev–Trinajstić information content (AvgIpc) is 2.31. The standard InChI is InChI=1S/C12H14BrClO2/c13-11-5-3-10(4-6-11)9-16-7-1-2-12(14)8-15/h3-6,8,12H,1-2,7,9H2. The highest BCUT2D eigenvalue weighted by molar-refractivity contribution is 9.10. The Bertz CT molecular complexity index is 313. The lowest BCUT2D eigenvalue weighted by atomic mass is 10.2. The summed E-state index contributed by atoms with van der Waals surface area (Å²) in [7, 11) is 0. The van der Waals surface area contributed by atoms with E-state index in [0.29, 0.717) is 19.6 Å². The zero-order valence-electron chi connectivity index (χ0n) is 8.86. The number of hydrogen-bond donors (Lipinski definition) is 0. The van der Waals surface area contributed by atoms with Crippen LogP contribution in [0.2, 0.25) is 0 Å². The molecule has 0 aliphatic carbocycles. The van der Waals surface area contributed by atoms with Crippen molar-refractivity contribution in [3.8, 4) is 0 Å². The summed E-state index contributed by atoms with van der Waals surface area (Å²) in [5, 5.41) is -0.378. The third-order valence-electron chi connectivity index (χ3n) is 2.10. The van der Waals surface area contributed by atoms with E-state index in [1.807, 2.05) is 24.3 Å². The van der Waals surface area contributed by atoms with Crippen molar-refractivity contribution in [3.05, 3.63) is 34.3 Å². The number of benzene rings is 1. The van der Waals surface area contributed by atoms with E-state index >= 15 is 0 Å². The molecule has 4 heteroatoms. The Morgan fingerprint density at radius 2 is 2.06 bits per heavy atom. The van der Waals surface area contributed by atoms with Gasteiger partial charge in [0.15, 0.2) is 0 Å². The zero-order chi connectivity index (χ0) is 11.8. The number of rotatable bonds is 7. The van der Waals surface area contributed by atoms with Crippen LogP contribution in [0.25, 0.3) is 0 Å². The topological polar surface area (TPSA) is 26.3 Å². The van der Waals surface area contributed by atoms with E-state index < -0.39 is 0 Å². The van der Waals surface area contributed by atoms with Crippen molar-refractivity contribution >= 4 is 33.8 Å². The Hall–Kier alpha value is -0.380. The average molecular weight is 306 g/mol. The van der Waals surface area contributed by atoms with Crippen molar-refractivity contribution in [2.24, 2.45) is 0 Å². The molecule has 0 heterocycles. The molecule has 1 rings (SSSR count). The van der Waals surface area contributed by atoms with Gasteiger partial charge in [-0.2, -0.15) is 0 Å². The number of carbonyl (C=O) groups is 1. The molecule has 0 amide bonds. The van der Waals surface area contributed by atoms with Crippen LogP contribution in [0.5, 0.6) is 0 Å². The third kappa shape index (κ3) is 5.64. The minimum atomic E-state index is -0.378. The molecule has 0 saturated heterocycles. The number of alkyl halides is 1. The summed E-state index contributed by atoms with van der Waals surface area (Å²) in [5.41, 5.74) is 1.14. The lowest BCUT2D eigenvalue weighted by molar-refractivity contribution is -0.107. The van der Waals surface area contributed by atoms with Gasteiger partial charge in [0.2, 0.25) is 0 Å². The predicted octanol–water partition coefficient (Wildman–Crippen LogP) is 3.55. The largest absolute Gasteiger partial charge is 0.377 e. The minimum absolute atomic E-state index is 0.378. The first-order chi connectivity index (χ1) is 7.72. The Morgan fingerprint density at radius 3 is 2.69 bits per heavy atom. The summed E-state index contributed by atoms with van der Waals surface area (Å²) in [6.45, 7) is 1.23. The minimum Gasteiger partial charge on any atom is -0.377 e. The molecule has 16 heavy (non-hydrogen) atoms. The van der Waals surface area contributed by atoms with Crippen molar-refractivity contribution < 1.29 is 9.53 Å². The quantitative estimate of drug-likeness (QED) is 0.437. The third-order valence-corrected chi connectivity index (χ3v) is 2.95. The highest BCUT2D eigenvalue weighted by atomic mass is 79.9. The van der Waals surface area contributed by atoms with Gasteiger partial charge in [0.05, 0.1) is 12.0 Å². The van der Waals surface area contributed by atoms with Crippen LogP contribution in [-0.4, -0.2) is 18.3 Å². The molecule has 1 aromatic rings. The van der Waals surface area contributed by atoms with Crippen molar-refractivity contribution in [2.45, 2.75) is 24.8 Å². The fourth-order valence-corrected chi connectivity index (χ4v) is 1.64. The van der Waals surface area contributed by atoms with Gasteiger partial charge in [0.25, 0.3) is 0 Å². The molecule has 0 aliphatic rings. The summed E-state index contributed by atoms with van der Waals surface area (Å²) >= 11 is 9.02. The smallest absolute Gasteiger partial charge is 0.137 e. The monoisotopic (exact) mass is 304 g/mol. The summed E-state index contributed by atoms with van der Waals surface area (Å²) in [6, 6.07) is 8.00. The summed E-state index contributed by atoms with van der Waals surface area (Å²) in [4.78, 5) is 10.2. The normalized spacial score (nSPS) is 12.4. The van der Waals surface area contributed by atoms with Gasteiger partial charge in [-0.25, -0.2) is 0 Å². The molecule has 0 bridgehead atoms. The molecule has 1 atom stereocenters. The molecule has 1 unspecified atom stereocenters. The summed E-state index contributed by atoms with van der Waals surface area (Å²) in [6.07, 6.45) is 2.24. The maximum absolute atomic E-state index is 10.2. The van der Waals surface area contributed by atoms with Crippen LogP contribution < -0.4 is 0 Å². The molecule has 88 valence electrons. The van der Waals surface area contributed by atoms with Crippen LogP contribution in [0.15, 0.2) is 28.7 Å². The highest BCUT2D eigenvalue weighted by Gasteiger charge is 2.01. The number of halogens is 2. The maximum Gasteiger partial charge on any atom is 0.137 e. The second-order valence-electron chi connectivity index (χ2n) is 3.47. The van der Waals surface area contributed by atoms with Crippen molar-refractivity contribution in [1.29, 1.82) is 0 Å². The van der Waals surface area contributed by atoms with Gasteiger partial charge in [-0.05, 0) is 30.5 Å². The van der Waals surface area contributed by atoms with Crippen molar-refractivity contribution in [3.63, 3.8) is 0 Å². The zero-order valence-corrected chi connectivity index (χ0v) is 11.2. The van der Waals surface area contributed by atoms with Crippen LogP contribution in [0, 0.1) is 0 Å². The van der Waals surface area contributed by atoms with E-state index in [0.717, 1.165) is 22.7 Å². The number of ether oxygens (including phenoxy) is 1. The van der Waals surface area contributed by atoms with Gasteiger partial charge in [0, 0.05) is 11.1 Å². The van der Waals surface area contributed by atoms with Crippen molar-refractivity contribution in [1.82, 2.24) is 0 Å². The molecular formula is C12H14BrClO2. The Balaban J connectivity index is 2.11. The van der Waals surface area contributed by atoms with Crippen LogP contribution in [0.3, 0.4) is 0 Å². The molecular weight excluding hydrogens is 291 g/mol. The Morgan fingerprint density at radius 1 is 1.38 bits per heavy atom. The van der Waals surface area contributed by atoms with Gasteiger partial charge in [0.1, 0.15) is 6.29 Å². The van der Waals surface area contributed by atoms with E-state index in [4.69, 9.17) is 16.3 Å². The lowest BCUT2D eigenvalue weighted by Crippen LogP contribution is -2.03. The van der Waals surface area contributed by atoms with E-state index in [1.165, 1.54) is 0 Å². The van der Waals surface area contributed by atoms with Gasteiger partial charge >= 0.3 is 0 Å². The van der Waals surface area contributed by atoms with Crippen LogP contribution in [-0.2, 0) is 16.1 Å². The fourth-order valence-electron chi connectivity index (χ4n) is 1.22. The number of aldehydes is 1. The first kappa shape index (κ1) is 13.7. The maximum atomic E-state index is 10.2. The van der Waals surface area contributed by atoms with E-state index in [1.54, 1.807) is 0 Å². The lowest BCUT2D eigenvalue weighted by Gasteiger charge is -2.05. The van der Waals surface area contributed by atoms with Crippen LogP contribution in [0.1, 0.15) is 18.4 Å². The Kier molecular flexibility index (Phi) is 6.69. The first-order valence-corrected chi connectivity index (χ1v) is 6.37. The fraction of sp³-hybridized carbons (Fsp3) is 0.417. The van der Waals surface area contributed by atoms with E-state index in [-0.39, 0.29) is 5.38 Å². The first-order valence-electron chi connectivity index (χ1n) is 5.14. The second kappa shape index (κ2) is 7.82. The van der Waals surface area contributed by atoms with E-state index in [2.05, 4.69) is 15.9 Å². The van der Waals surface area contributed by atoms with Crippen LogP contribution in [0.4, 0.5) is 0 Å². The highest BCUT2D eigenvalue weighted by Crippen LogP contribution is 2.11. The molecule has 0 aromatic heterocycles. The van der Waals surface area contributed by atoms with E-state index in [9.17, 15) is 4.79 Å². The Labute approximate surface area is 109 Å². The molecule has 0 spiro atoms. The SMILES string of the molecule is O=CC(Cl)CCCOCc1ccc(Br)cc1. The molecule has 0 aliphatic heterocycles. The molecule has 0 radical (unpaired) electrons. The second-order valence-corrected chi connectivity index (χ2v) is 4.95. The summed E-state index contributed by atoms with van der Waals surface area (Å²) in [5.74, 6) is 0. The molecule has 2 nitrogen and oxygen atoms in total. The van der Waals surface area contributed by atoms with Gasteiger partial charge in [-0.1, -0.05) is 28.1 Å². The molecule has 0 fully saturated rings. The predicted molar refractivity (Wildman–Crippen MR) is 68.7 cm³/mol. The molecule has 0 saturated carbocycles. The molecule has 1 aromatic carbocycles. The summed E-state index contributed by atoms with van der Waals surface area (Å²) < 4.78 is 6.53. The molecule has 0 N–H and O–H groups in total. The van der Waals surface area contributed by atoms with Crippen molar-refractivity contribution in [2.75, 3.05) is 6.61 Å².